The van der Waals surface area contributed by atoms with E-state index < -0.39 is 0 Å². The van der Waals surface area contributed by atoms with Gasteiger partial charge in [0.1, 0.15) is 6.33 Å². The Balaban J connectivity index is 1.68. The Hall–Kier alpha value is -2.54. The summed E-state index contributed by atoms with van der Waals surface area (Å²) in [6.45, 7) is 8.11. The van der Waals surface area contributed by atoms with Crippen LogP contribution in [-0.2, 0) is 6.54 Å². The largest absolute Gasteiger partial charge is 0.333 e. The number of rotatable bonds is 4. The minimum Gasteiger partial charge on any atom is -0.333 e. The average molecular weight is 339 g/mol. The molecule has 0 atom stereocenters. The summed E-state index contributed by atoms with van der Waals surface area (Å²) in [6.07, 6.45) is 4.19. The SMILES string of the molecule is Cc1cc(C)cc(-n2nnc3c(=O)n(CC[NH+]4CCCC4)cnc32)c1. The van der Waals surface area contributed by atoms with Gasteiger partial charge in [-0.15, -0.1) is 5.10 Å². The fraction of sp³-hybridized carbons (Fsp3) is 0.444. The van der Waals surface area contributed by atoms with Gasteiger partial charge in [-0.25, -0.2) is 4.98 Å². The lowest BCUT2D eigenvalue weighted by Gasteiger charge is -2.12. The molecule has 7 heteroatoms. The molecule has 0 saturated carbocycles. The molecule has 1 aliphatic rings. The van der Waals surface area contributed by atoms with Gasteiger partial charge in [0.2, 0.25) is 0 Å². The summed E-state index contributed by atoms with van der Waals surface area (Å²) in [5.41, 5.74) is 3.89. The number of fused-ring (bicyclic) bond motifs is 1. The van der Waals surface area contributed by atoms with Crippen molar-refractivity contribution in [3.05, 3.63) is 46.0 Å². The maximum atomic E-state index is 12.7. The molecule has 25 heavy (non-hydrogen) atoms. The lowest BCUT2D eigenvalue weighted by Crippen LogP contribution is -3.10. The highest BCUT2D eigenvalue weighted by atomic mass is 16.1. The molecule has 0 radical (unpaired) electrons. The zero-order valence-corrected chi connectivity index (χ0v) is 14.7. The first-order valence-corrected chi connectivity index (χ1v) is 8.85. The van der Waals surface area contributed by atoms with E-state index in [1.165, 1.54) is 25.9 Å². The zero-order valence-electron chi connectivity index (χ0n) is 14.7. The molecule has 1 fully saturated rings. The highest BCUT2D eigenvalue weighted by molar-refractivity contribution is 5.70. The number of hydrogen-bond acceptors (Lipinski definition) is 4. The minimum absolute atomic E-state index is 0.112. The van der Waals surface area contributed by atoms with Crippen molar-refractivity contribution in [1.82, 2.24) is 24.5 Å². The minimum atomic E-state index is -0.112. The van der Waals surface area contributed by atoms with Crippen LogP contribution in [0.4, 0.5) is 0 Å². The number of aromatic nitrogens is 5. The molecule has 1 aromatic carbocycles. The molecule has 0 bridgehead atoms. The molecule has 1 aliphatic heterocycles. The van der Waals surface area contributed by atoms with E-state index in [0.717, 1.165) is 23.4 Å². The number of nitrogens with zero attached hydrogens (tertiary/aromatic N) is 5. The molecule has 2 aromatic heterocycles. The van der Waals surface area contributed by atoms with Crippen LogP contribution in [0.15, 0.2) is 29.3 Å². The number of quaternary nitrogens is 1. The first kappa shape index (κ1) is 16.0. The number of likely N-dealkylation sites (tertiary alicyclic amines) is 1. The van der Waals surface area contributed by atoms with Gasteiger partial charge in [-0.1, -0.05) is 11.3 Å². The van der Waals surface area contributed by atoms with Crippen LogP contribution in [0.2, 0.25) is 0 Å². The Bertz CT molecular complexity index is 947. The average Bonchev–Trinajstić information content (AvgIpc) is 3.23. The lowest BCUT2D eigenvalue weighted by molar-refractivity contribution is -0.888. The van der Waals surface area contributed by atoms with E-state index in [1.54, 1.807) is 20.5 Å². The Morgan fingerprint density at radius 1 is 1.12 bits per heavy atom. The monoisotopic (exact) mass is 339 g/mol. The van der Waals surface area contributed by atoms with Gasteiger partial charge in [0, 0.05) is 12.8 Å². The third-order valence-electron chi connectivity index (χ3n) is 4.90. The number of hydrogen-bond donors (Lipinski definition) is 1. The van der Waals surface area contributed by atoms with Crippen LogP contribution in [0.5, 0.6) is 0 Å². The molecule has 0 spiro atoms. The zero-order chi connectivity index (χ0) is 17.4. The van der Waals surface area contributed by atoms with Gasteiger partial charge >= 0.3 is 0 Å². The summed E-state index contributed by atoms with van der Waals surface area (Å²) in [5.74, 6) is 0. The molecule has 4 rings (SSSR count). The summed E-state index contributed by atoms with van der Waals surface area (Å²) in [6, 6.07) is 6.14. The van der Waals surface area contributed by atoms with Crippen molar-refractivity contribution >= 4 is 11.2 Å². The van der Waals surface area contributed by atoms with Gasteiger partial charge in [0.15, 0.2) is 11.2 Å². The first-order chi connectivity index (χ1) is 12.1. The molecule has 0 aliphatic carbocycles. The standard InChI is InChI=1S/C18H22N6O/c1-13-9-14(2)11-15(10-13)24-17-16(20-21-24)18(25)23(12-19-17)8-7-22-5-3-4-6-22/h9-12H,3-8H2,1-2H3/p+1. The second-order valence-corrected chi connectivity index (χ2v) is 6.97. The Morgan fingerprint density at radius 3 is 2.56 bits per heavy atom. The molecular weight excluding hydrogens is 316 g/mol. The number of benzene rings is 1. The van der Waals surface area contributed by atoms with Gasteiger partial charge < -0.3 is 4.90 Å². The van der Waals surface area contributed by atoms with Gasteiger partial charge in [-0.3, -0.25) is 9.36 Å². The highest BCUT2D eigenvalue weighted by Crippen LogP contribution is 2.15. The number of aryl methyl sites for hydroxylation is 2. The second-order valence-electron chi connectivity index (χ2n) is 6.97. The third-order valence-corrected chi connectivity index (χ3v) is 4.90. The second kappa shape index (κ2) is 6.40. The molecule has 130 valence electrons. The van der Waals surface area contributed by atoms with Crippen molar-refractivity contribution in [2.24, 2.45) is 0 Å². The van der Waals surface area contributed by atoms with E-state index in [9.17, 15) is 4.79 Å². The fourth-order valence-corrected chi connectivity index (χ4v) is 3.65. The van der Waals surface area contributed by atoms with Crippen molar-refractivity contribution in [3.8, 4) is 5.69 Å². The summed E-state index contributed by atoms with van der Waals surface area (Å²) < 4.78 is 3.31. The highest BCUT2D eigenvalue weighted by Gasteiger charge is 2.17. The third kappa shape index (κ3) is 3.07. The van der Waals surface area contributed by atoms with Gasteiger partial charge in [0.05, 0.1) is 31.9 Å². The lowest BCUT2D eigenvalue weighted by atomic mass is 10.1. The van der Waals surface area contributed by atoms with E-state index in [-0.39, 0.29) is 5.56 Å². The van der Waals surface area contributed by atoms with Crippen LogP contribution in [0, 0.1) is 13.8 Å². The first-order valence-electron chi connectivity index (χ1n) is 8.85. The van der Waals surface area contributed by atoms with Crippen LogP contribution < -0.4 is 10.5 Å². The van der Waals surface area contributed by atoms with Crippen LogP contribution in [-0.4, -0.2) is 44.2 Å². The van der Waals surface area contributed by atoms with Crippen LogP contribution >= 0.6 is 0 Å². The molecular formula is C18H23N6O+. The Morgan fingerprint density at radius 2 is 1.84 bits per heavy atom. The van der Waals surface area contributed by atoms with Gasteiger partial charge in [-0.05, 0) is 37.1 Å². The molecule has 1 saturated heterocycles. The summed E-state index contributed by atoms with van der Waals surface area (Å²) in [5, 5.41) is 8.28. The van der Waals surface area contributed by atoms with E-state index in [4.69, 9.17) is 0 Å². The van der Waals surface area contributed by atoms with Gasteiger partial charge in [-0.2, -0.15) is 4.68 Å². The van der Waals surface area contributed by atoms with E-state index in [1.807, 2.05) is 26.0 Å². The Kier molecular flexibility index (Phi) is 4.09. The predicted molar refractivity (Wildman–Crippen MR) is 95.2 cm³/mol. The maximum absolute atomic E-state index is 12.7. The van der Waals surface area contributed by atoms with Crippen molar-refractivity contribution in [3.63, 3.8) is 0 Å². The number of nitrogens with one attached hydrogen (secondary N) is 1. The van der Waals surface area contributed by atoms with Crippen LogP contribution in [0.1, 0.15) is 24.0 Å². The summed E-state index contributed by atoms with van der Waals surface area (Å²) in [4.78, 5) is 18.7. The van der Waals surface area contributed by atoms with Crippen molar-refractivity contribution < 1.29 is 4.90 Å². The Labute approximate surface area is 145 Å². The van der Waals surface area contributed by atoms with Crippen LogP contribution in [0.3, 0.4) is 0 Å². The topological polar surface area (TPSA) is 70.0 Å². The molecule has 0 unspecified atom stereocenters. The van der Waals surface area contributed by atoms with E-state index in [0.29, 0.717) is 17.7 Å². The normalized spacial score (nSPS) is 15.3. The van der Waals surface area contributed by atoms with Crippen molar-refractivity contribution in [2.75, 3.05) is 19.6 Å². The van der Waals surface area contributed by atoms with Gasteiger partial charge in [0.25, 0.3) is 5.56 Å². The van der Waals surface area contributed by atoms with E-state index in [2.05, 4.69) is 21.4 Å². The predicted octanol–water partition coefficient (Wildman–Crippen LogP) is 0.273. The summed E-state index contributed by atoms with van der Waals surface area (Å²) in [7, 11) is 0. The summed E-state index contributed by atoms with van der Waals surface area (Å²) >= 11 is 0. The molecule has 7 nitrogen and oxygen atoms in total. The quantitative estimate of drug-likeness (QED) is 0.741. The maximum Gasteiger partial charge on any atom is 0.283 e. The molecule has 0 amide bonds. The van der Waals surface area contributed by atoms with Crippen molar-refractivity contribution in [2.45, 2.75) is 33.2 Å². The fourth-order valence-electron chi connectivity index (χ4n) is 3.65. The van der Waals surface area contributed by atoms with Crippen molar-refractivity contribution in [1.29, 1.82) is 0 Å². The van der Waals surface area contributed by atoms with E-state index >= 15 is 0 Å². The molecule has 1 N–H and O–H groups in total. The smallest absolute Gasteiger partial charge is 0.283 e. The molecule has 3 aromatic rings. The van der Waals surface area contributed by atoms with Crippen LogP contribution in [0.25, 0.3) is 16.9 Å². The molecule has 3 heterocycles.